The zero-order chi connectivity index (χ0) is 19.9. The Balaban J connectivity index is 2.64. The van der Waals surface area contributed by atoms with Crippen LogP contribution in [0.1, 0.15) is 48.0 Å². The minimum atomic E-state index is -4.77. The SMILES string of the molecule is Cc1c(C(=O)O)nn(C(C)(C)C)c1Oc1ncc(CO)cc1C(F)(F)F. The molecule has 0 aromatic carbocycles. The first-order chi connectivity index (χ1) is 11.9. The summed E-state index contributed by atoms with van der Waals surface area (Å²) in [6, 6.07) is 0.730. The van der Waals surface area contributed by atoms with Crippen molar-refractivity contribution in [2.75, 3.05) is 0 Å². The van der Waals surface area contributed by atoms with Crippen LogP contribution in [0.3, 0.4) is 0 Å². The number of nitrogens with zero attached hydrogens (tertiary/aromatic N) is 3. The molecule has 0 fully saturated rings. The quantitative estimate of drug-likeness (QED) is 0.853. The first-order valence-electron chi connectivity index (χ1n) is 7.54. The summed E-state index contributed by atoms with van der Waals surface area (Å²) in [6.45, 7) is 5.88. The molecule has 142 valence electrons. The molecule has 2 heterocycles. The second kappa shape index (κ2) is 6.60. The number of aromatic carboxylic acids is 1. The van der Waals surface area contributed by atoms with Gasteiger partial charge in [0.25, 0.3) is 0 Å². The van der Waals surface area contributed by atoms with Gasteiger partial charge in [0.1, 0.15) is 5.56 Å². The molecule has 0 aliphatic carbocycles. The highest BCUT2D eigenvalue weighted by molar-refractivity contribution is 5.87. The molecular weight excluding hydrogens is 355 g/mol. The van der Waals surface area contributed by atoms with E-state index < -0.39 is 35.7 Å². The van der Waals surface area contributed by atoms with E-state index in [1.165, 1.54) is 11.6 Å². The maximum atomic E-state index is 13.3. The second-order valence-corrected chi connectivity index (χ2v) is 6.62. The monoisotopic (exact) mass is 373 g/mol. The maximum absolute atomic E-state index is 13.3. The first kappa shape index (κ1) is 19.7. The largest absolute Gasteiger partial charge is 0.476 e. The van der Waals surface area contributed by atoms with E-state index in [9.17, 15) is 23.1 Å². The Hall–Kier alpha value is -2.62. The van der Waals surface area contributed by atoms with E-state index in [2.05, 4.69) is 10.1 Å². The molecule has 0 aliphatic rings. The van der Waals surface area contributed by atoms with E-state index in [-0.39, 0.29) is 22.7 Å². The molecular formula is C16H18F3N3O4. The zero-order valence-electron chi connectivity index (χ0n) is 14.5. The summed E-state index contributed by atoms with van der Waals surface area (Å²) in [5.74, 6) is -2.22. The number of hydrogen-bond donors (Lipinski definition) is 2. The molecule has 10 heteroatoms. The average Bonchev–Trinajstić information content (AvgIpc) is 2.84. The van der Waals surface area contributed by atoms with Gasteiger partial charge in [-0.05, 0) is 39.3 Å². The lowest BCUT2D eigenvalue weighted by Crippen LogP contribution is -2.24. The van der Waals surface area contributed by atoms with Crippen molar-refractivity contribution in [3.63, 3.8) is 0 Å². The van der Waals surface area contributed by atoms with Crippen LogP contribution in [0, 0.1) is 6.92 Å². The third-order valence-electron chi connectivity index (χ3n) is 3.50. The van der Waals surface area contributed by atoms with Gasteiger partial charge < -0.3 is 14.9 Å². The van der Waals surface area contributed by atoms with E-state index in [0.717, 1.165) is 12.3 Å². The first-order valence-corrected chi connectivity index (χ1v) is 7.54. The van der Waals surface area contributed by atoms with Crippen molar-refractivity contribution < 1.29 is 32.9 Å². The van der Waals surface area contributed by atoms with E-state index in [0.29, 0.717) is 0 Å². The van der Waals surface area contributed by atoms with Crippen LogP contribution in [0.15, 0.2) is 12.3 Å². The number of alkyl halides is 3. The molecule has 0 radical (unpaired) electrons. The molecule has 0 bridgehead atoms. The third kappa shape index (κ3) is 3.79. The standard InChI is InChI=1S/C16H18F3N3O4/c1-8-11(14(24)25)21-22(15(2,3)4)13(8)26-12-10(16(17,18)19)5-9(7-23)6-20-12/h5-6,23H,7H2,1-4H3,(H,24,25). The zero-order valence-corrected chi connectivity index (χ0v) is 14.5. The van der Waals surface area contributed by atoms with Crippen molar-refractivity contribution in [2.45, 2.75) is 46.0 Å². The molecule has 0 saturated heterocycles. The fourth-order valence-electron chi connectivity index (χ4n) is 2.22. The van der Waals surface area contributed by atoms with Crippen LogP contribution in [-0.4, -0.2) is 30.9 Å². The molecule has 2 aromatic rings. The van der Waals surface area contributed by atoms with Crippen molar-refractivity contribution in [3.8, 4) is 11.8 Å². The summed E-state index contributed by atoms with van der Waals surface area (Å²) in [5, 5.41) is 22.2. The molecule has 0 unspecified atom stereocenters. The number of halogens is 3. The fraction of sp³-hybridized carbons (Fsp3) is 0.438. The number of aliphatic hydroxyl groups excluding tert-OH is 1. The van der Waals surface area contributed by atoms with Crippen molar-refractivity contribution in [1.82, 2.24) is 14.8 Å². The summed E-state index contributed by atoms with van der Waals surface area (Å²) in [4.78, 5) is 15.0. The molecule has 0 aliphatic heterocycles. The lowest BCUT2D eigenvalue weighted by molar-refractivity contribution is -0.139. The normalized spacial score (nSPS) is 12.3. The van der Waals surface area contributed by atoms with E-state index in [4.69, 9.17) is 9.84 Å². The number of carboxylic acid groups (broad SMARTS) is 1. The van der Waals surface area contributed by atoms with Crippen molar-refractivity contribution >= 4 is 5.97 Å². The van der Waals surface area contributed by atoms with Crippen LogP contribution in [0.2, 0.25) is 0 Å². The molecule has 26 heavy (non-hydrogen) atoms. The van der Waals surface area contributed by atoms with Crippen LogP contribution >= 0.6 is 0 Å². The summed E-state index contributed by atoms with van der Waals surface area (Å²) in [7, 11) is 0. The lowest BCUT2D eigenvalue weighted by atomic mass is 10.1. The minimum Gasteiger partial charge on any atom is -0.476 e. The van der Waals surface area contributed by atoms with Crippen LogP contribution in [0.25, 0.3) is 0 Å². The van der Waals surface area contributed by atoms with Crippen LogP contribution in [-0.2, 0) is 18.3 Å². The van der Waals surface area contributed by atoms with Gasteiger partial charge in [0.05, 0.1) is 12.1 Å². The smallest absolute Gasteiger partial charge is 0.421 e. The van der Waals surface area contributed by atoms with Gasteiger partial charge in [0, 0.05) is 11.8 Å². The topological polar surface area (TPSA) is 97.5 Å². The maximum Gasteiger partial charge on any atom is 0.421 e. The number of carboxylic acids is 1. The molecule has 7 nitrogen and oxygen atoms in total. The molecule has 2 rings (SSSR count). The van der Waals surface area contributed by atoms with E-state index >= 15 is 0 Å². The Kier molecular flexibility index (Phi) is 5.00. The average molecular weight is 373 g/mol. The Morgan fingerprint density at radius 1 is 1.31 bits per heavy atom. The molecule has 0 spiro atoms. The molecule has 0 atom stereocenters. The molecule has 0 amide bonds. The van der Waals surface area contributed by atoms with E-state index in [1.54, 1.807) is 20.8 Å². The van der Waals surface area contributed by atoms with Gasteiger partial charge in [-0.1, -0.05) is 0 Å². The van der Waals surface area contributed by atoms with Crippen molar-refractivity contribution in [2.24, 2.45) is 0 Å². The number of hydrogen-bond acceptors (Lipinski definition) is 5. The number of pyridine rings is 1. The summed E-state index contributed by atoms with van der Waals surface area (Å²) < 4.78 is 46.5. The summed E-state index contributed by atoms with van der Waals surface area (Å²) >= 11 is 0. The van der Waals surface area contributed by atoms with Gasteiger partial charge in [-0.2, -0.15) is 18.3 Å². The number of carbonyl (C=O) groups is 1. The van der Waals surface area contributed by atoms with Crippen molar-refractivity contribution in [1.29, 1.82) is 0 Å². The Morgan fingerprint density at radius 2 is 1.92 bits per heavy atom. The van der Waals surface area contributed by atoms with Gasteiger partial charge in [-0.3, -0.25) is 0 Å². The Labute approximate surface area is 147 Å². The highest BCUT2D eigenvalue weighted by Gasteiger charge is 2.37. The Morgan fingerprint density at radius 3 is 2.38 bits per heavy atom. The summed E-state index contributed by atoms with van der Waals surface area (Å²) in [5.41, 5.74) is -2.21. The van der Waals surface area contributed by atoms with E-state index in [1.807, 2.05) is 0 Å². The van der Waals surface area contributed by atoms with Gasteiger partial charge in [0.15, 0.2) is 5.69 Å². The minimum absolute atomic E-state index is 0.0306. The van der Waals surface area contributed by atoms with Crippen LogP contribution < -0.4 is 4.74 Å². The fourth-order valence-corrected chi connectivity index (χ4v) is 2.22. The molecule has 2 aromatic heterocycles. The summed E-state index contributed by atoms with van der Waals surface area (Å²) in [6.07, 6.45) is -3.72. The highest BCUT2D eigenvalue weighted by Crippen LogP contribution is 2.39. The number of aromatic nitrogens is 3. The highest BCUT2D eigenvalue weighted by atomic mass is 19.4. The number of aliphatic hydroxyl groups is 1. The molecule has 2 N–H and O–H groups in total. The van der Waals surface area contributed by atoms with Gasteiger partial charge in [-0.15, -0.1) is 0 Å². The lowest BCUT2D eigenvalue weighted by Gasteiger charge is -2.22. The van der Waals surface area contributed by atoms with Gasteiger partial charge in [-0.25, -0.2) is 14.5 Å². The van der Waals surface area contributed by atoms with Gasteiger partial charge in [0.2, 0.25) is 11.8 Å². The Bertz CT molecular complexity index is 838. The third-order valence-corrected chi connectivity index (χ3v) is 3.50. The van der Waals surface area contributed by atoms with Gasteiger partial charge >= 0.3 is 12.1 Å². The predicted octanol–water partition coefficient (Wildman–Crippen LogP) is 3.34. The van der Waals surface area contributed by atoms with Crippen molar-refractivity contribution in [3.05, 3.63) is 34.6 Å². The predicted molar refractivity (Wildman–Crippen MR) is 84.2 cm³/mol. The molecule has 0 saturated carbocycles. The van der Waals surface area contributed by atoms with Crippen LogP contribution in [0.5, 0.6) is 11.8 Å². The second-order valence-electron chi connectivity index (χ2n) is 6.62. The van der Waals surface area contributed by atoms with Crippen LogP contribution in [0.4, 0.5) is 13.2 Å². The number of rotatable bonds is 4. The number of ether oxygens (including phenoxy) is 1.